The maximum atomic E-state index is 11.6. The highest BCUT2D eigenvalue weighted by Gasteiger charge is 2.24. The number of hydrogen-bond acceptors (Lipinski definition) is 7. The highest BCUT2D eigenvalue weighted by molar-refractivity contribution is 8.26. The largest absolute Gasteiger partial charge is 0.496 e. The van der Waals surface area contributed by atoms with E-state index >= 15 is 0 Å². The minimum absolute atomic E-state index is 0.0815. The summed E-state index contributed by atoms with van der Waals surface area (Å²) >= 11 is 5.98. The summed E-state index contributed by atoms with van der Waals surface area (Å²) in [6.45, 7) is 0. The van der Waals surface area contributed by atoms with E-state index in [4.69, 9.17) is 21.7 Å². The smallest absolute Gasteiger partial charge is 0.311 e. The van der Waals surface area contributed by atoms with Crippen LogP contribution in [0.15, 0.2) is 17.0 Å². The highest BCUT2D eigenvalue weighted by Crippen LogP contribution is 2.37. The minimum Gasteiger partial charge on any atom is -0.496 e. The van der Waals surface area contributed by atoms with Gasteiger partial charge in [0.2, 0.25) is 5.75 Å². The standard InChI is InChI=1S/C12H10N2O5S2/c1-18-8-5-9(19-2)7(14(16)17)3-6(8)4-10-11(15)13-12(20)21-10/h3-5H,1-2H3,(H,13,15,20)/b10-4+. The summed E-state index contributed by atoms with van der Waals surface area (Å²) in [5.74, 6) is 0.0970. The number of benzene rings is 1. The molecule has 0 aliphatic carbocycles. The Kier molecular flexibility index (Phi) is 4.43. The number of nitrogens with one attached hydrogen (secondary N) is 1. The fraction of sp³-hybridized carbons (Fsp3) is 0.167. The van der Waals surface area contributed by atoms with Gasteiger partial charge >= 0.3 is 5.69 Å². The van der Waals surface area contributed by atoms with E-state index in [0.717, 1.165) is 11.8 Å². The summed E-state index contributed by atoms with van der Waals surface area (Å²) in [5.41, 5.74) is 0.184. The summed E-state index contributed by atoms with van der Waals surface area (Å²) in [6.07, 6.45) is 1.49. The van der Waals surface area contributed by atoms with Crippen LogP contribution in [0.5, 0.6) is 11.5 Å². The van der Waals surface area contributed by atoms with Crippen molar-refractivity contribution in [2.75, 3.05) is 14.2 Å². The SMILES string of the molecule is COc1cc(OC)c([N+](=O)[O-])cc1/C=C1/SC(=S)NC1=O. The number of carbonyl (C=O) groups excluding carboxylic acids is 1. The number of rotatable bonds is 4. The van der Waals surface area contributed by atoms with E-state index in [-0.39, 0.29) is 17.3 Å². The van der Waals surface area contributed by atoms with E-state index in [1.165, 1.54) is 32.4 Å². The Hall–Kier alpha value is -2.13. The van der Waals surface area contributed by atoms with Crippen LogP contribution in [-0.4, -0.2) is 29.4 Å². The van der Waals surface area contributed by atoms with Gasteiger partial charge in [-0.15, -0.1) is 0 Å². The van der Waals surface area contributed by atoms with E-state index in [9.17, 15) is 14.9 Å². The lowest BCUT2D eigenvalue weighted by Crippen LogP contribution is -2.17. The second-order valence-electron chi connectivity index (χ2n) is 3.88. The van der Waals surface area contributed by atoms with Crippen molar-refractivity contribution in [2.45, 2.75) is 0 Å². The van der Waals surface area contributed by atoms with E-state index in [1.54, 1.807) is 0 Å². The fourth-order valence-electron chi connectivity index (χ4n) is 1.72. The van der Waals surface area contributed by atoms with E-state index < -0.39 is 4.92 Å². The van der Waals surface area contributed by atoms with Crippen molar-refractivity contribution in [1.29, 1.82) is 0 Å². The Bertz CT molecular complexity index is 672. The van der Waals surface area contributed by atoms with Crippen LogP contribution in [0.3, 0.4) is 0 Å². The van der Waals surface area contributed by atoms with Crippen LogP contribution in [0.25, 0.3) is 6.08 Å². The zero-order valence-electron chi connectivity index (χ0n) is 11.0. The lowest BCUT2D eigenvalue weighted by atomic mass is 10.1. The molecule has 0 saturated carbocycles. The van der Waals surface area contributed by atoms with Gasteiger partial charge in [-0.1, -0.05) is 24.0 Å². The topological polar surface area (TPSA) is 90.7 Å². The number of hydrogen-bond donors (Lipinski definition) is 1. The van der Waals surface area contributed by atoms with Gasteiger partial charge in [-0.05, 0) is 6.08 Å². The summed E-state index contributed by atoms with van der Waals surface area (Å²) < 4.78 is 10.5. The van der Waals surface area contributed by atoms with Crippen molar-refractivity contribution in [3.63, 3.8) is 0 Å². The molecule has 0 unspecified atom stereocenters. The van der Waals surface area contributed by atoms with Gasteiger partial charge in [0.15, 0.2) is 0 Å². The van der Waals surface area contributed by atoms with Gasteiger partial charge in [0.05, 0.1) is 24.0 Å². The molecule has 1 aliphatic heterocycles. The molecule has 0 bridgehead atoms. The maximum absolute atomic E-state index is 11.6. The molecule has 1 heterocycles. The second-order valence-corrected chi connectivity index (χ2v) is 5.59. The predicted octanol–water partition coefficient (Wildman–Crippen LogP) is 2.10. The molecule has 7 nitrogen and oxygen atoms in total. The first-order valence-electron chi connectivity index (χ1n) is 5.61. The molecule has 9 heteroatoms. The molecule has 1 aliphatic rings. The van der Waals surface area contributed by atoms with Crippen molar-refractivity contribution in [2.24, 2.45) is 0 Å². The molecule has 1 aromatic rings. The Balaban J connectivity index is 2.55. The molecule has 1 amide bonds. The van der Waals surface area contributed by atoms with Crippen molar-refractivity contribution in [3.8, 4) is 11.5 Å². The molecular formula is C12H10N2O5S2. The van der Waals surface area contributed by atoms with Gasteiger partial charge in [0, 0.05) is 17.7 Å². The van der Waals surface area contributed by atoms with Crippen LogP contribution in [0, 0.1) is 10.1 Å². The highest BCUT2D eigenvalue weighted by atomic mass is 32.2. The molecule has 110 valence electrons. The van der Waals surface area contributed by atoms with Gasteiger partial charge in [-0.3, -0.25) is 14.9 Å². The molecule has 0 spiro atoms. The first kappa shape index (κ1) is 15.3. The Morgan fingerprint density at radius 3 is 2.48 bits per heavy atom. The first-order chi connectivity index (χ1) is 9.96. The molecule has 21 heavy (non-hydrogen) atoms. The quantitative estimate of drug-likeness (QED) is 0.392. The summed E-state index contributed by atoms with van der Waals surface area (Å²) in [6, 6.07) is 2.69. The van der Waals surface area contributed by atoms with Crippen molar-refractivity contribution < 1.29 is 19.2 Å². The first-order valence-corrected chi connectivity index (χ1v) is 6.84. The van der Waals surface area contributed by atoms with Crippen molar-refractivity contribution in [3.05, 3.63) is 32.7 Å². The molecule has 1 fully saturated rings. The zero-order valence-corrected chi connectivity index (χ0v) is 12.7. The molecule has 1 saturated heterocycles. The number of amides is 1. The number of thioether (sulfide) groups is 1. The number of thiocarbonyl (C=S) groups is 1. The molecule has 2 rings (SSSR count). The van der Waals surface area contributed by atoms with Crippen LogP contribution in [-0.2, 0) is 4.79 Å². The minimum atomic E-state index is -0.563. The van der Waals surface area contributed by atoms with E-state index in [2.05, 4.69) is 5.32 Å². The Morgan fingerprint density at radius 1 is 1.33 bits per heavy atom. The molecule has 0 aromatic heterocycles. The average molecular weight is 326 g/mol. The molecular weight excluding hydrogens is 316 g/mol. The van der Waals surface area contributed by atoms with Gasteiger partial charge in [-0.2, -0.15) is 0 Å². The van der Waals surface area contributed by atoms with Gasteiger partial charge < -0.3 is 14.8 Å². The Morgan fingerprint density at radius 2 is 2.00 bits per heavy atom. The lowest BCUT2D eigenvalue weighted by molar-refractivity contribution is -0.385. The maximum Gasteiger partial charge on any atom is 0.311 e. The number of carbonyl (C=O) groups is 1. The van der Waals surface area contributed by atoms with E-state index in [0.29, 0.717) is 20.5 Å². The van der Waals surface area contributed by atoms with Crippen LogP contribution in [0.1, 0.15) is 5.56 Å². The third kappa shape index (κ3) is 3.14. The van der Waals surface area contributed by atoms with Crippen LogP contribution in [0.2, 0.25) is 0 Å². The number of ether oxygens (including phenoxy) is 2. The third-order valence-electron chi connectivity index (χ3n) is 2.66. The van der Waals surface area contributed by atoms with Gasteiger partial charge in [0.25, 0.3) is 5.91 Å². The fourth-order valence-corrected chi connectivity index (χ4v) is 2.76. The molecule has 1 aromatic carbocycles. The monoisotopic (exact) mass is 326 g/mol. The zero-order chi connectivity index (χ0) is 15.6. The summed E-state index contributed by atoms with van der Waals surface area (Å²) in [7, 11) is 2.76. The van der Waals surface area contributed by atoms with E-state index in [1.807, 2.05) is 0 Å². The Labute approximate surface area is 129 Å². The van der Waals surface area contributed by atoms with Crippen LogP contribution in [0.4, 0.5) is 5.69 Å². The predicted molar refractivity (Wildman–Crippen MR) is 82.5 cm³/mol. The third-order valence-corrected chi connectivity index (χ3v) is 3.82. The molecule has 0 atom stereocenters. The van der Waals surface area contributed by atoms with Crippen LogP contribution >= 0.6 is 24.0 Å². The number of methoxy groups -OCH3 is 2. The van der Waals surface area contributed by atoms with Gasteiger partial charge in [-0.25, -0.2) is 0 Å². The lowest BCUT2D eigenvalue weighted by Gasteiger charge is -2.08. The molecule has 1 N–H and O–H groups in total. The normalized spacial score (nSPS) is 16.0. The van der Waals surface area contributed by atoms with Crippen molar-refractivity contribution in [1.82, 2.24) is 5.32 Å². The molecule has 0 radical (unpaired) electrons. The van der Waals surface area contributed by atoms with Crippen LogP contribution < -0.4 is 14.8 Å². The second kappa shape index (κ2) is 6.10. The average Bonchev–Trinajstić information content (AvgIpc) is 2.76. The van der Waals surface area contributed by atoms with Crippen molar-refractivity contribution >= 4 is 46.0 Å². The van der Waals surface area contributed by atoms with Gasteiger partial charge in [0.1, 0.15) is 10.1 Å². The summed E-state index contributed by atoms with van der Waals surface area (Å²) in [5, 5.41) is 13.5. The number of nitrogens with zero attached hydrogens (tertiary/aromatic N) is 1. The summed E-state index contributed by atoms with van der Waals surface area (Å²) in [4.78, 5) is 22.5. The number of nitro benzene ring substituents is 1. The number of nitro groups is 1.